The van der Waals surface area contributed by atoms with Gasteiger partial charge < -0.3 is 15.0 Å². The monoisotopic (exact) mass is 234 g/mol. The molecule has 1 aromatic heterocycles. The quantitative estimate of drug-likeness (QED) is 0.836. The minimum Gasteiger partial charge on any atom is -0.496 e. The fraction of sp³-hybridized carbons (Fsp3) is 0.250. The van der Waals surface area contributed by atoms with E-state index in [1.54, 1.807) is 7.11 Å². The minimum atomic E-state index is -0.375. The van der Waals surface area contributed by atoms with Crippen LogP contribution in [0.3, 0.4) is 0 Å². The Bertz CT molecular complexity index is 557. The van der Waals surface area contributed by atoms with Gasteiger partial charge in [0.2, 0.25) is 0 Å². The van der Waals surface area contributed by atoms with Gasteiger partial charge in [0.1, 0.15) is 11.4 Å². The van der Waals surface area contributed by atoms with Crippen molar-refractivity contribution in [3.8, 4) is 5.75 Å². The Morgan fingerprint density at radius 2 is 2.12 bits per heavy atom. The van der Waals surface area contributed by atoms with E-state index >= 15 is 0 Å². The first-order chi connectivity index (χ1) is 8.22. The van der Waals surface area contributed by atoms with Gasteiger partial charge in [-0.05, 0) is 18.1 Å². The maximum atomic E-state index is 11.1. The van der Waals surface area contributed by atoms with Gasteiger partial charge in [-0.1, -0.05) is 18.2 Å². The Labute approximate surface area is 98.2 Å². The van der Waals surface area contributed by atoms with Gasteiger partial charge in [-0.25, -0.2) is 0 Å². The van der Waals surface area contributed by atoms with E-state index in [4.69, 9.17) is 15.0 Å². The van der Waals surface area contributed by atoms with Gasteiger partial charge >= 0.3 is 5.56 Å². The van der Waals surface area contributed by atoms with Crippen molar-refractivity contribution in [2.75, 3.05) is 12.8 Å². The molecular weight excluding hydrogens is 220 g/mol. The molecule has 2 aromatic rings. The molecule has 5 heteroatoms. The van der Waals surface area contributed by atoms with Gasteiger partial charge in [-0.2, -0.15) is 5.16 Å². The van der Waals surface area contributed by atoms with Crippen LogP contribution in [-0.4, -0.2) is 12.3 Å². The average molecular weight is 234 g/mol. The van der Waals surface area contributed by atoms with E-state index in [2.05, 4.69) is 5.16 Å². The maximum Gasteiger partial charge on any atom is 0.303 e. The Kier molecular flexibility index (Phi) is 3.18. The summed E-state index contributed by atoms with van der Waals surface area (Å²) in [6.45, 7) is 0. The lowest BCUT2D eigenvalue weighted by molar-refractivity contribution is 0.377. The number of methoxy groups -OCH3 is 1. The van der Waals surface area contributed by atoms with E-state index < -0.39 is 0 Å². The number of nitrogens with one attached hydrogen (secondary N) is 1. The van der Waals surface area contributed by atoms with Crippen molar-refractivity contribution in [3.63, 3.8) is 0 Å². The zero-order chi connectivity index (χ0) is 12.3. The highest BCUT2D eigenvalue weighted by Crippen LogP contribution is 2.20. The SMILES string of the molecule is COc1ccccc1CCc1o[nH]c(=O)c1N. The van der Waals surface area contributed by atoms with E-state index in [9.17, 15) is 4.79 Å². The molecule has 0 amide bonds. The summed E-state index contributed by atoms with van der Waals surface area (Å²) >= 11 is 0. The first-order valence-electron chi connectivity index (χ1n) is 5.30. The third-order valence-corrected chi connectivity index (χ3v) is 2.63. The molecule has 3 N–H and O–H groups in total. The van der Waals surface area contributed by atoms with Gasteiger partial charge in [0, 0.05) is 6.42 Å². The highest BCUT2D eigenvalue weighted by atomic mass is 16.5. The van der Waals surface area contributed by atoms with Crippen molar-refractivity contribution >= 4 is 5.69 Å². The normalized spacial score (nSPS) is 10.4. The summed E-state index contributed by atoms with van der Waals surface area (Å²) in [6, 6.07) is 7.72. The number of benzene rings is 1. The average Bonchev–Trinajstić information content (AvgIpc) is 2.68. The first kappa shape index (κ1) is 11.3. The number of hydrogen-bond acceptors (Lipinski definition) is 4. The number of hydrogen-bond donors (Lipinski definition) is 2. The van der Waals surface area contributed by atoms with Crippen molar-refractivity contribution in [1.29, 1.82) is 0 Å². The van der Waals surface area contributed by atoms with Crippen LogP contribution in [0.1, 0.15) is 11.3 Å². The maximum absolute atomic E-state index is 11.1. The van der Waals surface area contributed by atoms with Crippen LogP contribution in [0.2, 0.25) is 0 Å². The number of aromatic amines is 1. The number of para-hydroxylation sites is 1. The molecule has 0 saturated heterocycles. The Hall–Kier alpha value is -2.17. The molecule has 5 nitrogen and oxygen atoms in total. The lowest BCUT2D eigenvalue weighted by atomic mass is 10.1. The fourth-order valence-electron chi connectivity index (χ4n) is 1.69. The number of H-pyrrole nitrogens is 1. The van der Waals surface area contributed by atoms with Crippen LogP contribution >= 0.6 is 0 Å². The molecule has 0 saturated carbocycles. The zero-order valence-corrected chi connectivity index (χ0v) is 9.53. The summed E-state index contributed by atoms with van der Waals surface area (Å²) in [4.78, 5) is 11.1. The van der Waals surface area contributed by atoms with Crippen molar-refractivity contribution in [1.82, 2.24) is 5.16 Å². The summed E-state index contributed by atoms with van der Waals surface area (Å²) in [6.07, 6.45) is 1.26. The van der Waals surface area contributed by atoms with Crippen LogP contribution < -0.4 is 16.0 Å². The van der Waals surface area contributed by atoms with Crippen LogP contribution in [0.5, 0.6) is 5.75 Å². The van der Waals surface area contributed by atoms with Crippen molar-refractivity contribution in [2.45, 2.75) is 12.8 Å². The summed E-state index contributed by atoms with van der Waals surface area (Å²) < 4.78 is 10.2. The number of nitrogens with two attached hydrogens (primary N) is 1. The van der Waals surface area contributed by atoms with Crippen molar-refractivity contribution in [3.05, 3.63) is 45.9 Å². The Morgan fingerprint density at radius 1 is 1.35 bits per heavy atom. The third kappa shape index (κ3) is 2.33. The van der Waals surface area contributed by atoms with Crippen LogP contribution in [0, 0.1) is 0 Å². The third-order valence-electron chi connectivity index (χ3n) is 2.63. The molecule has 0 atom stereocenters. The lowest BCUT2D eigenvalue weighted by Gasteiger charge is -2.06. The van der Waals surface area contributed by atoms with Crippen LogP contribution in [-0.2, 0) is 12.8 Å². The molecular formula is C12H14N2O3. The fourth-order valence-corrected chi connectivity index (χ4v) is 1.69. The highest BCUT2D eigenvalue weighted by Gasteiger charge is 2.10. The van der Waals surface area contributed by atoms with Crippen LogP contribution in [0.25, 0.3) is 0 Å². The summed E-state index contributed by atoms with van der Waals surface area (Å²) in [5, 5.41) is 2.21. The molecule has 0 unspecified atom stereocenters. The largest absolute Gasteiger partial charge is 0.496 e. The number of ether oxygens (including phenoxy) is 1. The van der Waals surface area contributed by atoms with Gasteiger partial charge in [-0.3, -0.25) is 4.79 Å². The minimum absolute atomic E-state index is 0.153. The molecule has 17 heavy (non-hydrogen) atoms. The highest BCUT2D eigenvalue weighted by molar-refractivity contribution is 5.39. The van der Waals surface area contributed by atoms with Crippen LogP contribution in [0.15, 0.2) is 33.6 Å². The van der Waals surface area contributed by atoms with E-state index in [0.29, 0.717) is 18.6 Å². The summed E-state index contributed by atoms with van der Waals surface area (Å²) in [7, 11) is 1.63. The molecule has 0 aliphatic heterocycles. The van der Waals surface area contributed by atoms with Gasteiger partial charge in [0.25, 0.3) is 0 Å². The number of nitrogen functional groups attached to an aromatic ring is 1. The number of aryl methyl sites for hydroxylation is 2. The van der Waals surface area contributed by atoms with E-state index in [1.807, 2.05) is 24.3 Å². The molecule has 0 fully saturated rings. The van der Waals surface area contributed by atoms with Crippen molar-refractivity contribution in [2.24, 2.45) is 0 Å². The molecule has 0 aliphatic rings. The molecule has 0 bridgehead atoms. The number of rotatable bonds is 4. The molecule has 2 rings (SSSR count). The second-order valence-electron chi connectivity index (χ2n) is 3.68. The Morgan fingerprint density at radius 3 is 2.76 bits per heavy atom. The van der Waals surface area contributed by atoms with Gasteiger partial charge in [0.05, 0.1) is 7.11 Å². The zero-order valence-electron chi connectivity index (χ0n) is 9.53. The second-order valence-corrected chi connectivity index (χ2v) is 3.68. The molecule has 0 radical (unpaired) electrons. The standard InChI is InChI=1S/C12H14N2O3/c1-16-9-5-3-2-4-8(9)6-7-10-11(13)12(15)14-17-10/h2-5H,6-7,13H2,1H3,(H,14,15). The molecule has 1 aromatic carbocycles. The van der Waals surface area contributed by atoms with Crippen molar-refractivity contribution < 1.29 is 9.26 Å². The molecule has 0 aliphatic carbocycles. The van der Waals surface area contributed by atoms with Crippen LogP contribution in [0.4, 0.5) is 5.69 Å². The van der Waals surface area contributed by atoms with E-state index in [-0.39, 0.29) is 11.2 Å². The van der Waals surface area contributed by atoms with Gasteiger partial charge in [0.15, 0.2) is 5.76 Å². The molecule has 90 valence electrons. The number of aromatic nitrogens is 1. The van der Waals surface area contributed by atoms with Gasteiger partial charge in [-0.15, -0.1) is 0 Å². The Balaban J connectivity index is 2.12. The summed E-state index contributed by atoms with van der Waals surface area (Å²) in [5.41, 5.74) is 6.40. The predicted molar refractivity (Wildman–Crippen MR) is 64.1 cm³/mol. The predicted octanol–water partition coefficient (Wildman–Crippen LogP) is 1.34. The second kappa shape index (κ2) is 4.78. The van der Waals surface area contributed by atoms with E-state index in [0.717, 1.165) is 11.3 Å². The summed E-state index contributed by atoms with van der Waals surface area (Å²) in [5.74, 6) is 1.31. The first-order valence-corrected chi connectivity index (χ1v) is 5.30. The molecule has 1 heterocycles. The topological polar surface area (TPSA) is 81.2 Å². The lowest BCUT2D eigenvalue weighted by Crippen LogP contribution is -2.06. The smallest absolute Gasteiger partial charge is 0.303 e. The number of anilines is 1. The van der Waals surface area contributed by atoms with E-state index in [1.165, 1.54) is 0 Å². The molecule has 0 spiro atoms.